The third kappa shape index (κ3) is 3.99. The van der Waals surface area contributed by atoms with E-state index in [2.05, 4.69) is 20.8 Å². The van der Waals surface area contributed by atoms with Crippen molar-refractivity contribution in [2.24, 2.45) is 5.92 Å². The topological polar surface area (TPSA) is 54.5 Å². The average Bonchev–Trinajstić information content (AvgIpc) is 2.96. The Morgan fingerprint density at radius 1 is 1.03 bits per heavy atom. The summed E-state index contributed by atoms with van der Waals surface area (Å²) in [4.78, 5) is 12.9. The molecule has 0 aliphatic carbocycles. The second-order valence-corrected chi connectivity index (χ2v) is 10.5. The molecule has 154 valence electrons. The predicted molar refractivity (Wildman–Crippen MR) is 112 cm³/mol. The summed E-state index contributed by atoms with van der Waals surface area (Å²) in [5, 5.41) is 0. The van der Waals surface area contributed by atoms with E-state index in [-0.39, 0.29) is 28.0 Å². The van der Waals surface area contributed by atoms with Gasteiger partial charge in [0.2, 0.25) is 0 Å². The van der Waals surface area contributed by atoms with Gasteiger partial charge in [0.25, 0.3) is 15.9 Å². The fourth-order valence-electron chi connectivity index (χ4n) is 3.40. The Hall–Kier alpha value is -2.47. The van der Waals surface area contributed by atoms with Crippen LogP contribution in [0.25, 0.3) is 5.83 Å². The van der Waals surface area contributed by atoms with Crippen LogP contribution in [0.5, 0.6) is 0 Å². The molecule has 29 heavy (non-hydrogen) atoms. The van der Waals surface area contributed by atoms with Gasteiger partial charge >= 0.3 is 0 Å². The molecule has 1 aliphatic rings. The number of hydrogen-bond acceptors (Lipinski definition) is 3. The van der Waals surface area contributed by atoms with Crippen molar-refractivity contribution in [3.05, 3.63) is 70.8 Å². The molecule has 1 atom stereocenters. The van der Waals surface area contributed by atoms with Crippen LogP contribution in [0.3, 0.4) is 0 Å². The summed E-state index contributed by atoms with van der Waals surface area (Å²) in [6, 6.07) is 13.2. The van der Waals surface area contributed by atoms with Crippen LogP contribution in [-0.4, -0.2) is 25.2 Å². The van der Waals surface area contributed by atoms with Crippen molar-refractivity contribution in [2.75, 3.05) is 6.54 Å². The predicted octanol–water partition coefficient (Wildman–Crippen LogP) is 4.84. The van der Waals surface area contributed by atoms with E-state index in [1.165, 1.54) is 12.1 Å². The summed E-state index contributed by atoms with van der Waals surface area (Å²) < 4.78 is 41.8. The first-order chi connectivity index (χ1) is 13.4. The quantitative estimate of drug-likeness (QED) is 0.674. The third-order valence-electron chi connectivity index (χ3n) is 5.24. The van der Waals surface area contributed by atoms with Crippen LogP contribution in [0.2, 0.25) is 0 Å². The summed E-state index contributed by atoms with van der Waals surface area (Å²) >= 11 is 0. The second-order valence-electron chi connectivity index (χ2n) is 8.61. The number of aryl methyl sites for hydroxylation is 1. The fraction of sp³-hybridized carbons (Fsp3) is 0.348. The molecule has 0 saturated carbocycles. The van der Waals surface area contributed by atoms with Gasteiger partial charge < -0.3 is 0 Å². The molecular formula is C23H26FNO3S. The molecular weight excluding hydrogens is 389 g/mol. The minimum Gasteiger partial charge on any atom is -0.268 e. The number of carbonyl (C=O) groups excluding carboxylic acids is 1. The lowest BCUT2D eigenvalue weighted by atomic mass is 9.86. The van der Waals surface area contributed by atoms with Crippen molar-refractivity contribution in [2.45, 2.75) is 44.9 Å². The number of sulfonamides is 1. The maximum atomic E-state index is 15.2. The Bertz CT molecular complexity index is 1060. The van der Waals surface area contributed by atoms with Gasteiger partial charge in [0.05, 0.1) is 10.5 Å². The molecule has 0 N–H and O–H groups in total. The largest absolute Gasteiger partial charge is 0.268 e. The SMILES string of the molecule is Cc1ccc(S(=O)(=O)N2CC(C)/C(=C(\F)c3ccc(C(C)(C)C)cc3)C2=O)cc1. The molecule has 1 saturated heterocycles. The van der Waals surface area contributed by atoms with Gasteiger partial charge in [-0.25, -0.2) is 17.1 Å². The molecule has 0 aromatic heterocycles. The summed E-state index contributed by atoms with van der Waals surface area (Å²) in [6.45, 7) is 9.63. The standard InChI is InChI=1S/C23H26FNO3S/c1-15-6-12-19(13-7-15)29(27,28)25-14-16(2)20(22(25)26)21(24)17-8-10-18(11-9-17)23(3,4)5/h6-13,16H,14H2,1-5H3/b21-20+. The molecule has 1 amide bonds. The van der Waals surface area contributed by atoms with Crippen LogP contribution in [0.4, 0.5) is 4.39 Å². The van der Waals surface area contributed by atoms with E-state index in [9.17, 15) is 13.2 Å². The lowest BCUT2D eigenvalue weighted by Crippen LogP contribution is -2.32. The zero-order valence-corrected chi connectivity index (χ0v) is 18.2. The maximum Gasteiger partial charge on any atom is 0.266 e. The Morgan fingerprint density at radius 3 is 2.10 bits per heavy atom. The first-order valence-electron chi connectivity index (χ1n) is 9.57. The van der Waals surface area contributed by atoms with Gasteiger partial charge in [-0.15, -0.1) is 0 Å². The maximum absolute atomic E-state index is 15.2. The molecule has 1 aliphatic heterocycles. The van der Waals surface area contributed by atoms with Gasteiger partial charge in [-0.1, -0.05) is 69.7 Å². The molecule has 3 rings (SSSR count). The van der Waals surface area contributed by atoms with Crippen LogP contribution < -0.4 is 0 Å². The van der Waals surface area contributed by atoms with E-state index in [0.717, 1.165) is 15.4 Å². The van der Waals surface area contributed by atoms with Crippen molar-refractivity contribution in [3.63, 3.8) is 0 Å². The molecule has 2 aromatic carbocycles. The van der Waals surface area contributed by atoms with Crippen molar-refractivity contribution < 1.29 is 17.6 Å². The number of hydrogen-bond donors (Lipinski definition) is 0. The first-order valence-corrected chi connectivity index (χ1v) is 11.0. The molecule has 0 bridgehead atoms. The Balaban J connectivity index is 1.97. The van der Waals surface area contributed by atoms with Gasteiger partial charge in [-0.2, -0.15) is 0 Å². The van der Waals surface area contributed by atoms with Crippen molar-refractivity contribution in [1.82, 2.24) is 4.31 Å². The van der Waals surface area contributed by atoms with Crippen LogP contribution in [0.15, 0.2) is 59.0 Å². The van der Waals surface area contributed by atoms with Crippen molar-refractivity contribution in [3.8, 4) is 0 Å². The van der Waals surface area contributed by atoms with Crippen LogP contribution in [0.1, 0.15) is 44.4 Å². The lowest BCUT2D eigenvalue weighted by Gasteiger charge is -2.19. The second kappa shape index (κ2) is 7.41. The van der Waals surface area contributed by atoms with Gasteiger partial charge in [0.15, 0.2) is 0 Å². The highest BCUT2D eigenvalue weighted by atomic mass is 32.2. The van der Waals surface area contributed by atoms with E-state index >= 15 is 4.39 Å². The summed E-state index contributed by atoms with van der Waals surface area (Å²) in [5.41, 5.74) is 2.08. The zero-order valence-electron chi connectivity index (χ0n) is 17.4. The number of halogens is 1. The minimum absolute atomic E-state index is 0.0276. The summed E-state index contributed by atoms with van der Waals surface area (Å²) in [6.07, 6.45) is 0. The van der Waals surface area contributed by atoms with Gasteiger partial charge in [-0.05, 0) is 30.0 Å². The Kier molecular flexibility index (Phi) is 5.43. The highest BCUT2D eigenvalue weighted by Crippen LogP contribution is 2.36. The monoisotopic (exact) mass is 415 g/mol. The number of amides is 1. The molecule has 1 fully saturated rings. The van der Waals surface area contributed by atoms with E-state index < -0.39 is 27.7 Å². The van der Waals surface area contributed by atoms with Crippen LogP contribution in [-0.2, 0) is 20.2 Å². The summed E-state index contributed by atoms with van der Waals surface area (Å²) in [5.74, 6) is -2.00. The highest BCUT2D eigenvalue weighted by molar-refractivity contribution is 7.89. The normalized spacial score (nSPS) is 19.6. The molecule has 2 aromatic rings. The number of benzene rings is 2. The number of nitrogens with zero attached hydrogens (tertiary/aromatic N) is 1. The Morgan fingerprint density at radius 2 is 1.59 bits per heavy atom. The fourth-order valence-corrected chi connectivity index (χ4v) is 4.87. The molecule has 1 unspecified atom stereocenters. The average molecular weight is 416 g/mol. The van der Waals surface area contributed by atoms with E-state index in [1.807, 2.05) is 19.1 Å². The Labute approximate surface area is 172 Å². The number of carbonyl (C=O) groups is 1. The van der Waals surface area contributed by atoms with E-state index in [0.29, 0.717) is 0 Å². The molecule has 4 nitrogen and oxygen atoms in total. The van der Waals surface area contributed by atoms with E-state index in [1.54, 1.807) is 31.2 Å². The van der Waals surface area contributed by atoms with Crippen LogP contribution in [0, 0.1) is 12.8 Å². The molecule has 1 heterocycles. The van der Waals surface area contributed by atoms with Gasteiger partial charge in [0.1, 0.15) is 5.83 Å². The molecule has 0 radical (unpaired) electrons. The van der Waals surface area contributed by atoms with Crippen LogP contribution >= 0.6 is 0 Å². The first kappa shape index (κ1) is 21.2. The van der Waals surface area contributed by atoms with Gasteiger partial charge in [-0.3, -0.25) is 4.79 Å². The lowest BCUT2D eigenvalue weighted by molar-refractivity contribution is -0.120. The molecule has 6 heteroatoms. The smallest absolute Gasteiger partial charge is 0.266 e. The van der Waals surface area contributed by atoms with Crippen molar-refractivity contribution in [1.29, 1.82) is 0 Å². The zero-order chi connectivity index (χ0) is 21.6. The third-order valence-corrected chi connectivity index (χ3v) is 7.00. The highest BCUT2D eigenvalue weighted by Gasteiger charge is 2.42. The number of rotatable bonds is 3. The molecule has 0 spiro atoms. The van der Waals surface area contributed by atoms with Crippen molar-refractivity contribution >= 4 is 21.8 Å². The summed E-state index contributed by atoms with van der Waals surface area (Å²) in [7, 11) is -4.03. The minimum atomic E-state index is -4.03. The van der Waals surface area contributed by atoms with Gasteiger partial charge in [0, 0.05) is 18.0 Å². The van der Waals surface area contributed by atoms with E-state index in [4.69, 9.17) is 0 Å².